The van der Waals surface area contributed by atoms with Crippen molar-refractivity contribution in [2.75, 3.05) is 20.0 Å². The van der Waals surface area contributed by atoms with Crippen molar-refractivity contribution in [3.8, 4) is 0 Å². The molecular formula is C10H14N2O4S. The minimum Gasteiger partial charge on any atom is -0.464 e. The van der Waals surface area contributed by atoms with Crippen molar-refractivity contribution in [3.63, 3.8) is 0 Å². The lowest BCUT2D eigenvalue weighted by Gasteiger charge is -2.54. The van der Waals surface area contributed by atoms with E-state index in [1.54, 1.807) is 6.92 Å². The third-order valence-electron chi connectivity index (χ3n) is 2.97. The number of rotatable bonds is 2. The normalized spacial score (nSPS) is 32.1. The highest BCUT2D eigenvalue weighted by Crippen LogP contribution is 2.45. The minimum atomic E-state index is -1.33. The molecular weight excluding hydrogens is 244 g/mol. The Bertz CT molecular complexity index is 423. The summed E-state index contributed by atoms with van der Waals surface area (Å²) in [5.74, 6) is -0.294. The predicted octanol–water partition coefficient (Wildman–Crippen LogP) is -0.350. The number of carbonyl (C=O) groups is 2. The van der Waals surface area contributed by atoms with Crippen LogP contribution in [-0.4, -0.2) is 47.8 Å². The summed E-state index contributed by atoms with van der Waals surface area (Å²) in [6, 6.07) is 0. The quantitative estimate of drug-likeness (QED) is 0.414. The standard InChI is InChI=1S/C10H14N2O4S/c1-5-4-17-9-10(11,16-3)8(14)12(9)6(5)7(13)15-2/h9H,4,11H2,1-3H3/t9-,10?/m1/s1. The second-order valence-corrected chi connectivity index (χ2v) is 5.02. The number of methoxy groups -OCH3 is 2. The van der Waals surface area contributed by atoms with E-state index >= 15 is 0 Å². The van der Waals surface area contributed by atoms with Gasteiger partial charge in [-0.15, -0.1) is 11.8 Å². The average Bonchev–Trinajstić information content (AvgIpc) is 2.35. The molecule has 2 atom stereocenters. The van der Waals surface area contributed by atoms with Crippen molar-refractivity contribution >= 4 is 23.6 Å². The number of hydrogen-bond donors (Lipinski definition) is 1. The van der Waals surface area contributed by atoms with E-state index in [4.69, 9.17) is 10.5 Å². The Balaban J connectivity index is 2.36. The third kappa shape index (κ3) is 1.50. The van der Waals surface area contributed by atoms with Crippen molar-refractivity contribution in [1.82, 2.24) is 4.90 Å². The van der Waals surface area contributed by atoms with Crippen molar-refractivity contribution in [1.29, 1.82) is 0 Å². The zero-order chi connectivity index (χ0) is 12.8. The monoisotopic (exact) mass is 258 g/mol. The number of nitrogens with zero attached hydrogens (tertiary/aromatic N) is 1. The van der Waals surface area contributed by atoms with Crippen LogP contribution in [0.2, 0.25) is 0 Å². The molecule has 0 spiro atoms. The molecule has 2 heterocycles. The second-order valence-electron chi connectivity index (χ2n) is 3.96. The van der Waals surface area contributed by atoms with Crippen LogP contribution in [0, 0.1) is 0 Å². The number of ether oxygens (including phenoxy) is 2. The van der Waals surface area contributed by atoms with Crippen LogP contribution in [0.3, 0.4) is 0 Å². The number of carbonyl (C=O) groups excluding carboxylic acids is 2. The number of β-lactam (4-membered cyclic amide) rings is 1. The topological polar surface area (TPSA) is 81.9 Å². The summed E-state index contributed by atoms with van der Waals surface area (Å²) in [7, 11) is 2.68. The first-order valence-electron chi connectivity index (χ1n) is 5.04. The second kappa shape index (κ2) is 4.01. The molecule has 1 unspecified atom stereocenters. The highest BCUT2D eigenvalue weighted by molar-refractivity contribution is 8.00. The van der Waals surface area contributed by atoms with Crippen LogP contribution in [-0.2, 0) is 19.1 Å². The van der Waals surface area contributed by atoms with Crippen LogP contribution in [0.4, 0.5) is 0 Å². The Kier molecular flexibility index (Phi) is 2.92. The summed E-state index contributed by atoms with van der Waals surface area (Å²) in [4.78, 5) is 25.0. The molecule has 2 rings (SSSR count). The molecule has 2 aliphatic heterocycles. The predicted molar refractivity (Wildman–Crippen MR) is 61.7 cm³/mol. The first-order chi connectivity index (χ1) is 7.97. The van der Waals surface area contributed by atoms with Gasteiger partial charge in [0.15, 0.2) is 0 Å². The van der Waals surface area contributed by atoms with Crippen LogP contribution in [0.15, 0.2) is 11.3 Å². The van der Waals surface area contributed by atoms with E-state index in [9.17, 15) is 9.59 Å². The van der Waals surface area contributed by atoms with Crippen molar-refractivity contribution < 1.29 is 19.1 Å². The van der Waals surface area contributed by atoms with Crippen molar-refractivity contribution in [2.24, 2.45) is 5.73 Å². The first kappa shape index (κ1) is 12.4. The van der Waals surface area contributed by atoms with Crippen molar-refractivity contribution in [2.45, 2.75) is 18.0 Å². The van der Waals surface area contributed by atoms with Gasteiger partial charge < -0.3 is 9.47 Å². The van der Waals surface area contributed by atoms with Crippen LogP contribution >= 0.6 is 11.8 Å². The molecule has 0 aromatic rings. The zero-order valence-corrected chi connectivity index (χ0v) is 10.7. The van der Waals surface area contributed by atoms with Gasteiger partial charge in [0.1, 0.15) is 11.1 Å². The molecule has 1 saturated heterocycles. The van der Waals surface area contributed by atoms with Crippen LogP contribution in [0.1, 0.15) is 6.92 Å². The van der Waals surface area contributed by atoms with E-state index in [-0.39, 0.29) is 5.37 Å². The van der Waals surface area contributed by atoms with Gasteiger partial charge in [0.25, 0.3) is 5.91 Å². The largest absolute Gasteiger partial charge is 0.464 e. The van der Waals surface area contributed by atoms with Crippen LogP contribution in [0.5, 0.6) is 0 Å². The molecule has 1 amide bonds. The van der Waals surface area contributed by atoms with E-state index in [1.807, 2.05) is 0 Å². The summed E-state index contributed by atoms with van der Waals surface area (Å²) >= 11 is 1.48. The van der Waals surface area contributed by atoms with Gasteiger partial charge in [-0.05, 0) is 12.5 Å². The molecule has 17 heavy (non-hydrogen) atoms. The third-order valence-corrected chi connectivity index (χ3v) is 4.45. The van der Waals surface area contributed by atoms with Gasteiger partial charge in [-0.3, -0.25) is 15.4 Å². The summed E-state index contributed by atoms with van der Waals surface area (Å²) in [6.45, 7) is 1.80. The molecule has 1 fully saturated rings. The number of esters is 1. The van der Waals surface area contributed by atoms with Crippen molar-refractivity contribution in [3.05, 3.63) is 11.3 Å². The van der Waals surface area contributed by atoms with Gasteiger partial charge in [-0.25, -0.2) is 4.79 Å². The SMILES string of the molecule is COC(=O)C1=C(C)CS[C@H]2N1C(=O)C2(N)OC. The highest BCUT2D eigenvalue weighted by Gasteiger charge is 2.63. The van der Waals surface area contributed by atoms with Gasteiger partial charge in [0.05, 0.1) is 7.11 Å². The smallest absolute Gasteiger partial charge is 0.354 e. The summed E-state index contributed by atoms with van der Waals surface area (Å²) in [5.41, 5.74) is 5.61. The fraction of sp³-hybridized carbons (Fsp3) is 0.600. The molecule has 2 aliphatic rings. The molecule has 94 valence electrons. The Hall–Kier alpha value is -1.05. The summed E-state index contributed by atoms with van der Waals surface area (Å²) in [6.07, 6.45) is 0. The maximum absolute atomic E-state index is 11.9. The fourth-order valence-corrected chi connectivity index (χ4v) is 3.32. The number of amides is 1. The summed E-state index contributed by atoms with van der Waals surface area (Å²) in [5, 5.41) is -0.363. The van der Waals surface area contributed by atoms with Gasteiger partial charge in [0.2, 0.25) is 5.72 Å². The molecule has 2 N–H and O–H groups in total. The molecule has 0 saturated carbocycles. The Morgan fingerprint density at radius 2 is 2.24 bits per heavy atom. The molecule has 0 radical (unpaired) electrons. The lowest BCUT2D eigenvalue weighted by atomic mass is 10.00. The van der Waals surface area contributed by atoms with E-state index in [0.29, 0.717) is 11.4 Å². The maximum Gasteiger partial charge on any atom is 0.354 e. The van der Waals surface area contributed by atoms with Crippen LogP contribution < -0.4 is 5.73 Å². The summed E-state index contributed by atoms with van der Waals surface area (Å²) < 4.78 is 9.72. The maximum atomic E-state index is 11.9. The molecule has 0 aromatic carbocycles. The Morgan fingerprint density at radius 1 is 1.59 bits per heavy atom. The van der Waals surface area contributed by atoms with E-state index in [1.165, 1.54) is 30.9 Å². The molecule has 0 aromatic heterocycles. The van der Waals surface area contributed by atoms with Gasteiger partial charge in [-0.2, -0.15) is 0 Å². The fourth-order valence-electron chi connectivity index (χ4n) is 1.98. The number of hydrogen-bond acceptors (Lipinski definition) is 6. The molecule has 0 bridgehead atoms. The molecule has 0 aliphatic carbocycles. The van der Waals surface area contributed by atoms with E-state index in [2.05, 4.69) is 4.74 Å². The molecule has 7 heteroatoms. The van der Waals surface area contributed by atoms with Gasteiger partial charge in [0, 0.05) is 12.9 Å². The van der Waals surface area contributed by atoms with Gasteiger partial charge in [-0.1, -0.05) is 0 Å². The lowest BCUT2D eigenvalue weighted by Crippen LogP contribution is -2.78. The molecule has 6 nitrogen and oxygen atoms in total. The highest BCUT2D eigenvalue weighted by atomic mass is 32.2. The van der Waals surface area contributed by atoms with Crippen LogP contribution in [0.25, 0.3) is 0 Å². The average molecular weight is 258 g/mol. The van der Waals surface area contributed by atoms with E-state index < -0.39 is 17.6 Å². The van der Waals surface area contributed by atoms with E-state index in [0.717, 1.165) is 5.57 Å². The minimum absolute atomic E-state index is 0.291. The number of thioether (sulfide) groups is 1. The number of fused-ring (bicyclic) bond motifs is 1. The Morgan fingerprint density at radius 3 is 2.76 bits per heavy atom. The first-order valence-corrected chi connectivity index (χ1v) is 6.09. The zero-order valence-electron chi connectivity index (χ0n) is 9.85. The number of nitrogens with two attached hydrogens (primary N) is 1. The Labute approximate surface area is 103 Å². The van der Waals surface area contributed by atoms with Gasteiger partial charge >= 0.3 is 5.97 Å². The lowest BCUT2D eigenvalue weighted by molar-refractivity contribution is -0.183.